The number of hydrogen-bond acceptors (Lipinski definition) is 2. The Bertz CT molecular complexity index is 636. The summed E-state index contributed by atoms with van der Waals surface area (Å²) in [5, 5.41) is 2.95. The van der Waals surface area contributed by atoms with Gasteiger partial charge in [0.25, 0.3) is 0 Å². The average Bonchev–Trinajstić information content (AvgIpc) is 2.91. The van der Waals surface area contributed by atoms with Crippen LogP contribution in [0.25, 0.3) is 11.0 Å². The first kappa shape index (κ1) is 14.9. The van der Waals surface area contributed by atoms with Gasteiger partial charge in [0.2, 0.25) is 0 Å². The summed E-state index contributed by atoms with van der Waals surface area (Å²) >= 11 is 0. The highest BCUT2D eigenvalue weighted by Gasteiger charge is 2.18. The summed E-state index contributed by atoms with van der Waals surface area (Å²) in [4.78, 5) is 16.2. The van der Waals surface area contributed by atoms with Crippen molar-refractivity contribution in [2.75, 3.05) is 12.0 Å². The fourth-order valence-electron chi connectivity index (χ4n) is 3.41. The van der Waals surface area contributed by atoms with Crippen molar-refractivity contribution in [3.8, 4) is 0 Å². The van der Waals surface area contributed by atoms with Crippen molar-refractivity contribution in [3.63, 3.8) is 0 Å². The predicted molar refractivity (Wildman–Crippen MR) is 88.2 cm³/mol. The number of imidazole rings is 1. The molecule has 1 heterocycles. The normalized spacial score (nSPS) is 21.7. The maximum atomic E-state index is 12.0. The highest BCUT2D eigenvalue weighted by Crippen LogP contribution is 2.30. The minimum Gasteiger partial charge on any atom is -0.337 e. The summed E-state index contributed by atoms with van der Waals surface area (Å²) < 4.78 is 1.66. The van der Waals surface area contributed by atoms with Gasteiger partial charge >= 0.3 is 6.03 Å². The Kier molecular flexibility index (Phi) is 4.61. The molecule has 5 heteroatoms. The number of para-hydroxylation sites is 2. The van der Waals surface area contributed by atoms with Crippen LogP contribution in [0.1, 0.15) is 39.0 Å². The van der Waals surface area contributed by atoms with E-state index >= 15 is 0 Å². The molecule has 1 aromatic carbocycles. The highest BCUT2D eigenvalue weighted by molar-refractivity contribution is 5.84. The Morgan fingerprint density at radius 1 is 1.36 bits per heavy atom. The maximum absolute atomic E-state index is 12.0. The van der Waals surface area contributed by atoms with Crippen molar-refractivity contribution in [1.29, 1.82) is 0 Å². The molecule has 1 saturated carbocycles. The number of nitrogens with zero attached hydrogens (tertiary/aromatic N) is 2. The fraction of sp³-hybridized carbons (Fsp3) is 0.529. The Labute approximate surface area is 131 Å². The van der Waals surface area contributed by atoms with Crippen LogP contribution in [-0.4, -0.2) is 22.2 Å². The SMILES string of the molecule is CC1CCCC(CCNC(=O)Nn2cnc3ccccc32)C1. The molecule has 1 aromatic heterocycles. The second-order valence-electron chi connectivity index (χ2n) is 6.40. The van der Waals surface area contributed by atoms with Gasteiger partial charge in [0.05, 0.1) is 11.0 Å². The number of benzene rings is 1. The average molecular weight is 300 g/mol. The number of hydrogen-bond donors (Lipinski definition) is 2. The van der Waals surface area contributed by atoms with Crippen LogP contribution in [0.2, 0.25) is 0 Å². The molecular formula is C17H24N4O. The van der Waals surface area contributed by atoms with E-state index in [-0.39, 0.29) is 6.03 Å². The van der Waals surface area contributed by atoms with Gasteiger partial charge in [-0.2, -0.15) is 0 Å². The van der Waals surface area contributed by atoms with Crippen LogP contribution >= 0.6 is 0 Å². The van der Waals surface area contributed by atoms with E-state index in [2.05, 4.69) is 22.7 Å². The summed E-state index contributed by atoms with van der Waals surface area (Å²) in [5.74, 6) is 1.60. The molecular weight excluding hydrogens is 276 g/mol. The van der Waals surface area contributed by atoms with Crippen LogP contribution in [0.4, 0.5) is 4.79 Å². The molecule has 5 nitrogen and oxygen atoms in total. The van der Waals surface area contributed by atoms with E-state index < -0.39 is 0 Å². The second-order valence-corrected chi connectivity index (χ2v) is 6.40. The van der Waals surface area contributed by atoms with Gasteiger partial charge in [0.15, 0.2) is 0 Å². The lowest BCUT2D eigenvalue weighted by atomic mass is 9.81. The number of amides is 2. The molecule has 3 rings (SSSR count). The minimum absolute atomic E-state index is 0.174. The van der Waals surface area contributed by atoms with Crippen molar-refractivity contribution in [3.05, 3.63) is 30.6 Å². The molecule has 118 valence electrons. The first-order valence-corrected chi connectivity index (χ1v) is 8.19. The topological polar surface area (TPSA) is 59.0 Å². The molecule has 0 radical (unpaired) electrons. The molecule has 0 bridgehead atoms. The predicted octanol–water partition coefficient (Wildman–Crippen LogP) is 3.51. The number of aromatic nitrogens is 2. The summed E-state index contributed by atoms with van der Waals surface area (Å²) in [6, 6.07) is 7.56. The van der Waals surface area contributed by atoms with Gasteiger partial charge in [0, 0.05) is 6.54 Å². The first-order chi connectivity index (χ1) is 10.7. The van der Waals surface area contributed by atoms with Crippen molar-refractivity contribution in [2.45, 2.75) is 39.0 Å². The lowest BCUT2D eigenvalue weighted by Crippen LogP contribution is -2.35. The summed E-state index contributed by atoms with van der Waals surface area (Å²) in [5.41, 5.74) is 4.59. The van der Waals surface area contributed by atoms with Gasteiger partial charge in [-0.3, -0.25) is 0 Å². The smallest absolute Gasteiger partial charge is 0.333 e. The first-order valence-electron chi connectivity index (χ1n) is 8.19. The zero-order valence-electron chi connectivity index (χ0n) is 13.1. The number of nitrogens with one attached hydrogen (secondary N) is 2. The van der Waals surface area contributed by atoms with Crippen LogP contribution < -0.4 is 10.7 Å². The van der Waals surface area contributed by atoms with Crippen molar-refractivity contribution in [1.82, 2.24) is 15.0 Å². The molecule has 2 N–H and O–H groups in total. The Morgan fingerprint density at radius 3 is 3.09 bits per heavy atom. The van der Waals surface area contributed by atoms with E-state index in [1.807, 2.05) is 24.3 Å². The van der Waals surface area contributed by atoms with Crippen LogP contribution in [0.15, 0.2) is 30.6 Å². The van der Waals surface area contributed by atoms with Crippen molar-refractivity contribution in [2.24, 2.45) is 11.8 Å². The number of rotatable bonds is 4. The standard InChI is InChI=1S/C17H24N4O/c1-13-5-4-6-14(11-13)9-10-18-17(22)20-21-12-19-15-7-2-3-8-16(15)21/h2-3,7-8,12-14H,4-6,9-11H2,1H3,(H2,18,20,22). The van der Waals surface area contributed by atoms with Crippen LogP contribution in [-0.2, 0) is 0 Å². The minimum atomic E-state index is -0.174. The van der Waals surface area contributed by atoms with Gasteiger partial charge in [-0.25, -0.2) is 19.9 Å². The van der Waals surface area contributed by atoms with Crippen LogP contribution in [0.3, 0.4) is 0 Å². The lowest BCUT2D eigenvalue weighted by Gasteiger charge is -2.26. The molecule has 2 amide bonds. The Balaban J connectivity index is 1.46. The highest BCUT2D eigenvalue weighted by atomic mass is 16.2. The van der Waals surface area contributed by atoms with E-state index in [4.69, 9.17) is 0 Å². The quantitative estimate of drug-likeness (QED) is 0.908. The summed E-state index contributed by atoms with van der Waals surface area (Å²) in [7, 11) is 0. The summed E-state index contributed by atoms with van der Waals surface area (Å²) in [6.45, 7) is 3.06. The number of carbonyl (C=O) groups excluding carboxylic acids is 1. The van der Waals surface area contributed by atoms with E-state index in [9.17, 15) is 4.79 Å². The molecule has 1 aliphatic rings. The second kappa shape index (κ2) is 6.81. The van der Waals surface area contributed by atoms with Crippen LogP contribution in [0.5, 0.6) is 0 Å². The zero-order valence-corrected chi connectivity index (χ0v) is 13.1. The molecule has 1 fully saturated rings. The van der Waals surface area contributed by atoms with Crippen molar-refractivity contribution < 1.29 is 4.79 Å². The number of urea groups is 1. The Hall–Kier alpha value is -2.04. The molecule has 22 heavy (non-hydrogen) atoms. The van der Waals surface area contributed by atoms with Gasteiger partial charge in [0.1, 0.15) is 6.33 Å². The largest absolute Gasteiger partial charge is 0.337 e. The lowest BCUT2D eigenvalue weighted by molar-refractivity contribution is 0.243. The van der Waals surface area contributed by atoms with Crippen molar-refractivity contribution >= 4 is 17.1 Å². The van der Waals surface area contributed by atoms with E-state index in [0.717, 1.165) is 35.8 Å². The molecule has 0 aliphatic heterocycles. The van der Waals surface area contributed by atoms with Gasteiger partial charge in [-0.05, 0) is 36.8 Å². The fourth-order valence-corrected chi connectivity index (χ4v) is 3.41. The van der Waals surface area contributed by atoms with E-state index in [0.29, 0.717) is 0 Å². The molecule has 2 aromatic rings. The monoisotopic (exact) mass is 300 g/mol. The maximum Gasteiger partial charge on any atom is 0.333 e. The molecule has 0 saturated heterocycles. The zero-order chi connectivity index (χ0) is 15.4. The summed E-state index contributed by atoms with van der Waals surface area (Å²) in [6.07, 6.45) is 8.00. The van der Waals surface area contributed by atoms with Crippen LogP contribution in [0, 0.1) is 11.8 Å². The van der Waals surface area contributed by atoms with E-state index in [1.54, 1.807) is 11.0 Å². The number of fused-ring (bicyclic) bond motifs is 1. The third-order valence-electron chi connectivity index (χ3n) is 4.56. The number of carbonyl (C=O) groups is 1. The molecule has 1 aliphatic carbocycles. The third kappa shape index (κ3) is 3.59. The van der Waals surface area contributed by atoms with Gasteiger partial charge in [-0.15, -0.1) is 0 Å². The van der Waals surface area contributed by atoms with E-state index in [1.165, 1.54) is 25.7 Å². The molecule has 2 atom stereocenters. The molecule has 2 unspecified atom stereocenters. The molecule has 0 spiro atoms. The Morgan fingerprint density at radius 2 is 2.23 bits per heavy atom. The van der Waals surface area contributed by atoms with Gasteiger partial charge < -0.3 is 5.32 Å². The van der Waals surface area contributed by atoms with Gasteiger partial charge in [-0.1, -0.05) is 38.3 Å². The third-order valence-corrected chi connectivity index (χ3v) is 4.56.